The van der Waals surface area contributed by atoms with Crippen molar-refractivity contribution in [2.75, 3.05) is 0 Å². The summed E-state index contributed by atoms with van der Waals surface area (Å²) in [6, 6.07) is 16.4. The molecule has 0 aromatic heterocycles. The predicted octanol–water partition coefficient (Wildman–Crippen LogP) is 3.81. The summed E-state index contributed by atoms with van der Waals surface area (Å²) in [5.41, 5.74) is 5.87. The van der Waals surface area contributed by atoms with Crippen LogP contribution >= 0.6 is 0 Å². The van der Waals surface area contributed by atoms with Gasteiger partial charge in [-0.3, -0.25) is 4.79 Å². The second-order valence-electron chi connectivity index (χ2n) is 4.91. The molecule has 1 heteroatoms. The second kappa shape index (κ2) is 4.85. The van der Waals surface area contributed by atoms with Crippen molar-refractivity contribution in [1.29, 1.82) is 0 Å². The summed E-state index contributed by atoms with van der Waals surface area (Å²) in [7, 11) is 0. The van der Waals surface area contributed by atoms with Crippen molar-refractivity contribution in [3.8, 4) is 0 Å². The Hall–Kier alpha value is -2.15. The largest absolute Gasteiger partial charge is 0.299 e. The molecule has 0 heterocycles. The highest BCUT2D eigenvalue weighted by Gasteiger charge is 2.19. The van der Waals surface area contributed by atoms with Gasteiger partial charge in [-0.05, 0) is 34.8 Å². The van der Waals surface area contributed by atoms with Crippen molar-refractivity contribution in [2.24, 2.45) is 0 Å². The number of rotatable bonds is 0. The van der Waals surface area contributed by atoms with Gasteiger partial charge in [-0.1, -0.05) is 54.6 Å². The summed E-state index contributed by atoms with van der Waals surface area (Å²) in [6.45, 7) is 2.06. The fourth-order valence-electron chi connectivity index (χ4n) is 2.82. The summed E-state index contributed by atoms with van der Waals surface area (Å²) < 4.78 is 0. The molecule has 1 nitrogen and oxygen atoms in total. The third kappa shape index (κ3) is 2.12. The van der Waals surface area contributed by atoms with Crippen LogP contribution in [0.25, 0.3) is 5.57 Å². The van der Waals surface area contributed by atoms with Crippen LogP contribution in [0.4, 0.5) is 0 Å². The van der Waals surface area contributed by atoms with E-state index in [0.717, 1.165) is 11.1 Å². The van der Waals surface area contributed by atoms with Gasteiger partial charge in [0.2, 0.25) is 0 Å². The van der Waals surface area contributed by atoms with E-state index in [4.69, 9.17) is 0 Å². The molecule has 94 valence electrons. The molecule has 0 radical (unpaired) electrons. The van der Waals surface area contributed by atoms with Gasteiger partial charge in [-0.25, -0.2) is 0 Å². The number of hydrogen-bond acceptors (Lipinski definition) is 1. The SMILES string of the molecule is CC=C1c2ccccc2CC(=O)Cc2ccccc21. The van der Waals surface area contributed by atoms with Gasteiger partial charge in [0.05, 0.1) is 0 Å². The maximum Gasteiger partial charge on any atom is 0.141 e. The van der Waals surface area contributed by atoms with Crippen LogP contribution in [0.15, 0.2) is 54.6 Å². The van der Waals surface area contributed by atoms with E-state index in [-0.39, 0.29) is 5.78 Å². The lowest BCUT2D eigenvalue weighted by atomic mass is 9.84. The summed E-state index contributed by atoms with van der Waals surface area (Å²) >= 11 is 0. The molecule has 19 heavy (non-hydrogen) atoms. The fraction of sp³-hybridized carbons (Fsp3) is 0.167. The van der Waals surface area contributed by atoms with Crippen molar-refractivity contribution in [3.05, 3.63) is 76.9 Å². The smallest absolute Gasteiger partial charge is 0.141 e. The molecule has 0 saturated heterocycles. The lowest BCUT2D eigenvalue weighted by Gasteiger charge is -2.19. The normalized spacial score (nSPS) is 14.2. The highest BCUT2D eigenvalue weighted by molar-refractivity contribution is 5.92. The van der Waals surface area contributed by atoms with E-state index in [2.05, 4.69) is 37.3 Å². The summed E-state index contributed by atoms with van der Waals surface area (Å²) in [6.07, 6.45) is 3.21. The predicted molar refractivity (Wildman–Crippen MR) is 78.1 cm³/mol. The minimum absolute atomic E-state index is 0.287. The number of benzene rings is 2. The Morgan fingerprint density at radius 2 is 1.32 bits per heavy atom. The van der Waals surface area contributed by atoms with Crippen LogP contribution in [0.5, 0.6) is 0 Å². The number of Topliss-reactive ketones (excluding diaryl/α,β-unsaturated/α-hetero) is 1. The topological polar surface area (TPSA) is 17.1 Å². The first-order valence-corrected chi connectivity index (χ1v) is 6.64. The van der Waals surface area contributed by atoms with Crippen LogP contribution in [0, 0.1) is 0 Å². The molecule has 0 fully saturated rings. The maximum absolute atomic E-state index is 12.1. The molecule has 1 aliphatic rings. The van der Waals surface area contributed by atoms with Gasteiger partial charge in [0.25, 0.3) is 0 Å². The molecule has 2 aromatic rings. The molecular weight excluding hydrogens is 232 g/mol. The summed E-state index contributed by atoms with van der Waals surface area (Å²) in [5, 5.41) is 0. The van der Waals surface area contributed by atoms with Gasteiger partial charge in [0, 0.05) is 12.8 Å². The Morgan fingerprint density at radius 3 is 1.79 bits per heavy atom. The Balaban J connectivity index is 2.28. The Labute approximate surface area is 113 Å². The molecule has 3 rings (SSSR count). The van der Waals surface area contributed by atoms with Crippen LogP contribution in [-0.2, 0) is 17.6 Å². The molecule has 0 saturated carbocycles. The van der Waals surface area contributed by atoms with Crippen molar-refractivity contribution in [3.63, 3.8) is 0 Å². The molecule has 0 spiro atoms. The van der Waals surface area contributed by atoms with Crippen molar-refractivity contribution in [2.45, 2.75) is 19.8 Å². The Kier molecular flexibility index (Phi) is 3.04. The molecule has 0 amide bonds. The van der Waals surface area contributed by atoms with E-state index in [1.54, 1.807) is 0 Å². The van der Waals surface area contributed by atoms with Crippen LogP contribution in [0.3, 0.4) is 0 Å². The van der Waals surface area contributed by atoms with Crippen molar-refractivity contribution < 1.29 is 4.79 Å². The van der Waals surface area contributed by atoms with Crippen LogP contribution in [-0.4, -0.2) is 5.78 Å². The number of carbonyl (C=O) groups excluding carboxylic acids is 1. The fourth-order valence-corrected chi connectivity index (χ4v) is 2.82. The zero-order valence-electron chi connectivity index (χ0n) is 11.0. The lowest BCUT2D eigenvalue weighted by molar-refractivity contribution is -0.117. The van der Waals surface area contributed by atoms with Gasteiger partial charge in [-0.15, -0.1) is 0 Å². The van der Waals surface area contributed by atoms with E-state index < -0.39 is 0 Å². The van der Waals surface area contributed by atoms with E-state index in [0.29, 0.717) is 12.8 Å². The number of allylic oxidation sites excluding steroid dienone is 1. The molecule has 0 atom stereocenters. The third-order valence-electron chi connectivity index (χ3n) is 3.68. The molecule has 0 N–H and O–H groups in total. The van der Waals surface area contributed by atoms with Crippen LogP contribution < -0.4 is 0 Å². The molecular formula is C18H16O. The molecule has 0 aliphatic heterocycles. The third-order valence-corrected chi connectivity index (χ3v) is 3.68. The molecule has 1 aliphatic carbocycles. The number of hydrogen-bond donors (Lipinski definition) is 0. The quantitative estimate of drug-likeness (QED) is 0.693. The van der Waals surface area contributed by atoms with E-state index in [1.165, 1.54) is 16.7 Å². The van der Waals surface area contributed by atoms with E-state index >= 15 is 0 Å². The molecule has 0 bridgehead atoms. The first-order chi connectivity index (χ1) is 9.29. The standard InChI is InChI=1S/C18H16O/c1-2-16-17-9-5-3-7-13(17)11-15(19)12-14-8-4-6-10-18(14)16/h2-10H,11-12H2,1H3. The summed E-state index contributed by atoms with van der Waals surface area (Å²) in [5.74, 6) is 0.287. The summed E-state index contributed by atoms with van der Waals surface area (Å²) in [4.78, 5) is 12.1. The highest BCUT2D eigenvalue weighted by atomic mass is 16.1. The van der Waals surface area contributed by atoms with Gasteiger partial charge >= 0.3 is 0 Å². The number of ketones is 1. The van der Waals surface area contributed by atoms with E-state index in [9.17, 15) is 4.79 Å². The van der Waals surface area contributed by atoms with Crippen LogP contribution in [0.2, 0.25) is 0 Å². The van der Waals surface area contributed by atoms with Gasteiger partial charge < -0.3 is 0 Å². The Morgan fingerprint density at radius 1 is 0.842 bits per heavy atom. The van der Waals surface area contributed by atoms with Crippen molar-refractivity contribution >= 4 is 11.4 Å². The maximum atomic E-state index is 12.1. The minimum Gasteiger partial charge on any atom is -0.299 e. The molecule has 2 aromatic carbocycles. The highest BCUT2D eigenvalue weighted by Crippen LogP contribution is 2.31. The van der Waals surface area contributed by atoms with Gasteiger partial charge in [-0.2, -0.15) is 0 Å². The second-order valence-corrected chi connectivity index (χ2v) is 4.91. The van der Waals surface area contributed by atoms with Gasteiger partial charge in [0.15, 0.2) is 0 Å². The zero-order chi connectivity index (χ0) is 13.2. The minimum atomic E-state index is 0.287. The first-order valence-electron chi connectivity index (χ1n) is 6.64. The monoisotopic (exact) mass is 248 g/mol. The first kappa shape index (κ1) is 11.9. The van der Waals surface area contributed by atoms with Gasteiger partial charge in [0.1, 0.15) is 5.78 Å². The molecule has 0 unspecified atom stereocenters. The average molecular weight is 248 g/mol. The van der Waals surface area contributed by atoms with Crippen LogP contribution in [0.1, 0.15) is 29.2 Å². The average Bonchev–Trinajstić information content (AvgIpc) is 2.41. The Bertz CT molecular complexity index is 611. The van der Waals surface area contributed by atoms with Crippen molar-refractivity contribution in [1.82, 2.24) is 0 Å². The zero-order valence-corrected chi connectivity index (χ0v) is 11.0. The number of carbonyl (C=O) groups is 1. The lowest BCUT2D eigenvalue weighted by Crippen LogP contribution is -2.13. The number of fused-ring (bicyclic) bond motifs is 2. The van der Waals surface area contributed by atoms with E-state index in [1.807, 2.05) is 24.3 Å².